The van der Waals surface area contributed by atoms with Crippen LogP contribution in [0.5, 0.6) is 0 Å². The average Bonchev–Trinajstić information content (AvgIpc) is 2.14. The number of carbonyl (C=O) groups is 1. The highest BCUT2D eigenvalue weighted by atomic mass is 32.2. The molecule has 0 spiro atoms. The average molecular weight is 234 g/mol. The van der Waals surface area contributed by atoms with Crippen molar-refractivity contribution in [2.45, 2.75) is 38.1 Å². The molecule has 1 saturated heterocycles. The van der Waals surface area contributed by atoms with Gasteiger partial charge in [-0.1, -0.05) is 0 Å². The Morgan fingerprint density at radius 2 is 2.00 bits per heavy atom. The van der Waals surface area contributed by atoms with Crippen molar-refractivity contribution in [2.75, 3.05) is 12.3 Å². The third kappa shape index (κ3) is 2.31. The van der Waals surface area contributed by atoms with Gasteiger partial charge in [-0.3, -0.25) is 4.79 Å². The Hall–Kier alpha value is -0.620. The van der Waals surface area contributed by atoms with Crippen LogP contribution in [-0.4, -0.2) is 48.9 Å². The van der Waals surface area contributed by atoms with E-state index in [0.29, 0.717) is 0 Å². The molecule has 1 rings (SSSR count). The fourth-order valence-corrected chi connectivity index (χ4v) is 3.31. The first-order valence-corrected chi connectivity index (χ1v) is 6.76. The minimum atomic E-state index is -3.04. The number of nitrogens with zero attached hydrogens (tertiary/aromatic N) is 1. The van der Waals surface area contributed by atoms with Crippen molar-refractivity contribution in [3.63, 3.8) is 0 Å². The van der Waals surface area contributed by atoms with Crippen molar-refractivity contribution in [1.29, 1.82) is 0 Å². The second-order valence-electron chi connectivity index (χ2n) is 4.13. The van der Waals surface area contributed by atoms with Gasteiger partial charge >= 0.3 is 0 Å². The van der Waals surface area contributed by atoms with E-state index in [4.69, 9.17) is 5.73 Å². The third-order valence-corrected chi connectivity index (χ3v) is 5.31. The van der Waals surface area contributed by atoms with E-state index < -0.39 is 21.1 Å². The Bertz CT molecular complexity index is 350. The van der Waals surface area contributed by atoms with Crippen LogP contribution in [0.15, 0.2) is 0 Å². The lowest BCUT2D eigenvalue weighted by molar-refractivity contribution is -0.134. The Morgan fingerprint density at radius 3 is 2.47 bits per heavy atom. The second kappa shape index (κ2) is 4.09. The molecule has 0 aliphatic carbocycles. The molecule has 1 aliphatic heterocycles. The highest BCUT2D eigenvalue weighted by Gasteiger charge is 2.38. The lowest BCUT2D eigenvalue weighted by atomic mass is 10.2. The fraction of sp³-hybridized carbons (Fsp3) is 0.889. The van der Waals surface area contributed by atoms with Crippen molar-refractivity contribution in [2.24, 2.45) is 5.73 Å². The van der Waals surface area contributed by atoms with E-state index in [2.05, 4.69) is 0 Å². The molecule has 2 unspecified atom stereocenters. The maximum absolute atomic E-state index is 11.7. The monoisotopic (exact) mass is 234 g/mol. The van der Waals surface area contributed by atoms with Gasteiger partial charge in [-0.05, 0) is 20.8 Å². The van der Waals surface area contributed by atoms with Crippen molar-refractivity contribution >= 4 is 15.7 Å². The molecule has 1 fully saturated rings. The molecule has 88 valence electrons. The van der Waals surface area contributed by atoms with Crippen LogP contribution in [0.25, 0.3) is 0 Å². The first kappa shape index (κ1) is 12.4. The minimum absolute atomic E-state index is 0.0387. The van der Waals surface area contributed by atoms with E-state index in [1.807, 2.05) is 0 Å². The van der Waals surface area contributed by atoms with Gasteiger partial charge in [-0.25, -0.2) is 8.42 Å². The van der Waals surface area contributed by atoms with E-state index >= 15 is 0 Å². The Morgan fingerprint density at radius 1 is 1.47 bits per heavy atom. The molecule has 0 radical (unpaired) electrons. The SMILES string of the molecule is CC1C(C)S(=O)(=O)CCN1C(=O)[C@@H](C)N. The Labute approximate surface area is 90.5 Å². The standard InChI is InChI=1S/C9H18N2O3S/c1-6(10)9(12)11-4-5-15(13,14)8(3)7(11)2/h6-8H,4-5,10H2,1-3H3/t6-,7?,8?/m1/s1. The first-order chi connectivity index (χ1) is 6.77. The normalized spacial score (nSPS) is 32.4. The van der Waals surface area contributed by atoms with Crippen LogP contribution >= 0.6 is 0 Å². The predicted molar refractivity (Wildman–Crippen MR) is 58.1 cm³/mol. The number of hydrogen-bond donors (Lipinski definition) is 1. The fourth-order valence-electron chi connectivity index (χ4n) is 1.74. The molecule has 0 aromatic carbocycles. The summed E-state index contributed by atoms with van der Waals surface area (Å²) in [4.78, 5) is 13.2. The number of nitrogens with two attached hydrogens (primary N) is 1. The molecular weight excluding hydrogens is 216 g/mol. The summed E-state index contributed by atoms with van der Waals surface area (Å²) in [5, 5.41) is -0.506. The van der Waals surface area contributed by atoms with Crippen molar-refractivity contribution in [3.05, 3.63) is 0 Å². The molecule has 1 heterocycles. The molecule has 0 saturated carbocycles. The van der Waals surface area contributed by atoms with E-state index in [9.17, 15) is 13.2 Å². The summed E-state index contributed by atoms with van der Waals surface area (Å²) in [5.74, 6) is -0.138. The lowest BCUT2D eigenvalue weighted by Gasteiger charge is -2.38. The summed E-state index contributed by atoms with van der Waals surface area (Å²) in [6.07, 6.45) is 0. The number of amides is 1. The van der Waals surface area contributed by atoms with Crippen molar-refractivity contribution < 1.29 is 13.2 Å². The summed E-state index contributed by atoms with van der Waals surface area (Å²) in [5.41, 5.74) is 5.50. The largest absolute Gasteiger partial charge is 0.336 e. The summed E-state index contributed by atoms with van der Waals surface area (Å²) in [6, 6.07) is -0.859. The molecule has 0 aromatic heterocycles. The molecular formula is C9H18N2O3S. The Balaban J connectivity index is 2.86. The maximum atomic E-state index is 11.7. The molecule has 1 amide bonds. The van der Waals surface area contributed by atoms with Gasteiger partial charge in [0.05, 0.1) is 17.0 Å². The highest BCUT2D eigenvalue weighted by Crippen LogP contribution is 2.19. The number of hydrogen-bond acceptors (Lipinski definition) is 4. The summed E-state index contributed by atoms with van der Waals surface area (Å²) < 4.78 is 23.1. The zero-order valence-electron chi connectivity index (χ0n) is 9.30. The number of carbonyl (C=O) groups excluding carboxylic acids is 1. The smallest absolute Gasteiger partial charge is 0.239 e. The van der Waals surface area contributed by atoms with Gasteiger partial charge in [0.15, 0.2) is 9.84 Å². The van der Waals surface area contributed by atoms with Crippen LogP contribution in [0.1, 0.15) is 20.8 Å². The van der Waals surface area contributed by atoms with Crippen LogP contribution in [0.3, 0.4) is 0 Å². The van der Waals surface area contributed by atoms with Crippen LogP contribution < -0.4 is 5.73 Å². The maximum Gasteiger partial charge on any atom is 0.239 e. The number of sulfone groups is 1. The molecule has 15 heavy (non-hydrogen) atoms. The molecule has 0 bridgehead atoms. The van der Waals surface area contributed by atoms with E-state index in [1.54, 1.807) is 25.7 Å². The molecule has 0 aromatic rings. The van der Waals surface area contributed by atoms with Gasteiger partial charge in [0.1, 0.15) is 0 Å². The van der Waals surface area contributed by atoms with Crippen LogP contribution in [0.2, 0.25) is 0 Å². The number of rotatable bonds is 1. The van der Waals surface area contributed by atoms with Gasteiger partial charge in [0.25, 0.3) is 0 Å². The molecule has 6 heteroatoms. The molecule has 5 nitrogen and oxygen atoms in total. The molecule has 1 aliphatic rings. The predicted octanol–water partition coefficient (Wildman–Crippen LogP) is -0.632. The summed E-state index contributed by atoms with van der Waals surface area (Å²) >= 11 is 0. The van der Waals surface area contributed by atoms with Crippen LogP contribution in [0, 0.1) is 0 Å². The van der Waals surface area contributed by atoms with Gasteiger partial charge < -0.3 is 10.6 Å². The topological polar surface area (TPSA) is 80.5 Å². The van der Waals surface area contributed by atoms with E-state index in [1.165, 1.54) is 0 Å². The zero-order valence-corrected chi connectivity index (χ0v) is 10.1. The van der Waals surface area contributed by atoms with Gasteiger partial charge in [0, 0.05) is 12.6 Å². The van der Waals surface area contributed by atoms with Crippen molar-refractivity contribution in [3.8, 4) is 0 Å². The van der Waals surface area contributed by atoms with Crippen molar-refractivity contribution in [1.82, 2.24) is 4.90 Å². The second-order valence-corrected chi connectivity index (χ2v) is 6.61. The molecule has 2 N–H and O–H groups in total. The van der Waals surface area contributed by atoms with E-state index in [0.717, 1.165) is 0 Å². The molecule has 3 atom stereocenters. The lowest BCUT2D eigenvalue weighted by Crippen LogP contribution is -2.57. The minimum Gasteiger partial charge on any atom is -0.336 e. The highest BCUT2D eigenvalue weighted by molar-refractivity contribution is 7.92. The summed E-state index contributed by atoms with van der Waals surface area (Å²) in [6.45, 7) is 5.26. The Kier molecular flexibility index (Phi) is 3.40. The van der Waals surface area contributed by atoms with Gasteiger partial charge in [-0.15, -0.1) is 0 Å². The first-order valence-electron chi connectivity index (χ1n) is 5.05. The quantitative estimate of drug-likeness (QED) is 0.655. The van der Waals surface area contributed by atoms with Crippen LogP contribution in [0.4, 0.5) is 0 Å². The zero-order chi connectivity index (χ0) is 11.8. The van der Waals surface area contributed by atoms with Crippen LogP contribution in [-0.2, 0) is 14.6 Å². The third-order valence-electron chi connectivity index (χ3n) is 3.03. The van der Waals surface area contributed by atoms with E-state index in [-0.39, 0.29) is 24.2 Å². The van der Waals surface area contributed by atoms with Gasteiger partial charge in [-0.2, -0.15) is 0 Å². The summed E-state index contributed by atoms with van der Waals surface area (Å²) in [7, 11) is -3.04. The van der Waals surface area contributed by atoms with Gasteiger partial charge in [0.2, 0.25) is 5.91 Å².